The Morgan fingerprint density at radius 2 is 1.73 bits per heavy atom. The third kappa shape index (κ3) is 5.78. The Kier molecular flexibility index (Phi) is 7.43. The molecule has 9 heteroatoms. The van der Waals surface area contributed by atoms with E-state index in [0.29, 0.717) is 31.9 Å². The van der Waals surface area contributed by atoms with Crippen molar-refractivity contribution in [2.24, 2.45) is 0 Å². The molecule has 2 aliphatic rings. The zero-order valence-corrected chi connectivity index (χ0v) is 19.6. The Labute approximate surface area is 194 Å². The molecular weight excluding hydrogens is 445 g/mol. The summed E-state index contributed by atoms with van der Waals surface area (Å²) in [6.45, 7) is 5.59. The van der Waals surface area contributed by atoms with Gasteiger partial charge in [0.25, 0.3) is 5.91 Å². The van der Waals surface area contributed by atoms with E-state index in [2.05, 4.69) is 10.2 Å². The van der Waals surface area contributed by atoms with Crippen molar-refractivity contribution in [2.45, 2.75) is 37.2 Å². The number of nitrogens with one attached hydrogen (secondary N) is 1. The van der Waals surface area contributed by atoms with Gasteiger partial charge in [-0.25, -0.2) is 12.8 Å². The monoisotopic (exact) mass is 475 g/mol. The van der Waals surface area contributed by atoms with Crippen LogP contribution in [0.4, 0.5) is 4.39 Å². The van der Waals surface area contributed by atoms with Crippen molar-refractivity contribution in [3.05, 3.63) is 65.0 Å². The SMILES string of the molecule is Cc1ccc(S(=O)(=O)N2CCOCC2)cc1C(=O)NC1CCN(Cc2ccc(F)cc2)CC1. The van der Waals surface area contributed by atoms with E-state index in [1.54, 1.807) is 24.3 Å². The lowest BCUT2D eigenvalue weighted by molar-refractivity contribution is 0.0730. The predicted molar refractivity (Wildman–Crippen MR) is 123 cm³/mol. The molecule has 2 aromatic carbocycles. The molecule has 0 unspecified atom stereocenters. The summed E-state index contributed by atoms with van der Waals surface area (Å²) in [5.74, 6) is -0.485. The normalized spacial score (nSPS) is 18.8. The van der Waals surface area contributed by atoms with Crippen LogP contribution in [0.1, 0.15) is 34.3 Å². The Hall–Kier alpha value is -2.33. The molecule has 1 amide bonds. The van der Waals surface area contributed by atoms with Gasteiger partial charge in [-0.3, -0.25) is 9.69 Å². The van der Waals surface area contributed by atoms with Crippen molar-refractivity contribution < 1.29 is 22.3 Å². The third-order valence-corrected chi connectivity index (χ3v) is 8.20. The van der Waals surface area contributed by atoms with Gasteiger partial charge in [-0.05, 0) is 55.2 Å². The number of halogens is 1. The summed E-state index contributed by atoms with van der Waals surface area (Å²) in [4.78, 5) is 15.4. The summed E-state index contributed by atoms with van der Waals surface area (Å²) < 4.78 is 45.7. The second kappa shape index (κ2) is 10.3. The number of sulfonamides is 1. The summed E-state index contributed by atoms with van der Waals surface area (Å²) in [7, 11) is -3.66. The summed E-state index contributed by atoms with van der Waals surface area (Å²) in [6.07, 6.45) is 1.61. The van der Waals surface area contributed by atoms with Crippen LogP contribution in [0, 0.1) is 12.7 Å². The van der Waals surface area contributed by atoms with Crippen molar-refractivity contribution >= 4 is 15.9 Å². The average molecular weight is 476 g/mol. The van der Waals surface area contributed by atoms with Gasteiger partial charge in [0.2, 0.25) is 10.0 Å². The van der Waals surface area contributed by atoms with E-state index in [0.717, 1.165) is 43.6 Å². The Balaban J connectivity index is 1.36. The first-order valence-corrected chi connectivity index (χ1v) is 12.7. The third-order valence-electron chi connectivity index (χ3n) is 6.30. The maximum Gasteiger partial charge on any atom is 0.251 e. The number of carbonyl (C=O) groups is 1. The number of nitrogens with zero attached hydrogens (tertiary/aromatic N) is 2. The van der Waals surface area contributed by atoms with Gasteiger partial charge in [-0.1, -0.05) is 18.2 Å². The van der Waals surface area contributed by atoms with Crippen molar-refractivity contribution in [3.8, 4) is 0 Å². The molecule has 0 saturated carbocycles. The number of likely N-dealkylation sites (tertiary alicyclic amines) is 1. The van der Waals surface area contributed by atoms with E-state index in [9.17, 15) is 17.6 Å². The number of piperidine rings is 1. The molecule has 2 heterocycles. The van der Waals surface area contributed by atoms with Crippen LogP contribution in [-0.4, -0.2) is 69.0 Å². The van der Waals surface area contributed by atoms with E-state index >= 15 is 0 Å². The van der Waals surface area contributed by atoms with Gasteiger partial charge in [-0.2, -0.15) is 4.31 Å². The number of benzene rings is 2. The van der Waals surface area contributed by atoms with Gasteiger partial charge < -0.3 is 10.1 Å². The molecule has 0 atom stereocenters. The summed E-state index contributed by atoms with van der Waals surface area (Å²) >= 11 is 0. The smallest absolute Gasteiger partial charge is 0.251 e. The molecule has 2 saturated heterocycles. The standard InChI is InChI=1S/C24H30FN3O4S/c1-18-2-7-22(33(30,31)28-12-14-32-15-13-28)16-23(18)24(29)26-21-8-10-27(11-9-21)17-19-3-5-20(25)6-4-19/h2-7,16,21H,8-15,17H2,1H3,(H,26,29). The molecule has 2 fully saturated rings. The van der Waals surface area contributed by atoms with Crippen LogP contribution in [0.2, 0.25) is 0 Å². The fourth-order valence-corrected chi connectivity index (χ4v) is 5.72. The molecule has 0 aromatic heterocycles. The fraction of sp³-hybridized carbons (Fsp3) is 0.458. The molecule has 7 nitrogen and oxygen atoms in total. The van der Waals surface area contributed by atoms with Crippen molar-refractivity contribution in [1.29, 1.82) is 0 Å². The van der Waals surface area contributed by atoms with Crippen LogP contribution in [0.15, 0.2) is 47.4 Å². The van der Waals surface area contributed by atoms with Gasteiger partial charge in [0.05, 0.1) is 18.1 Å². The summed E-state index contributed by atoms with van der Waals surface area (Å²) in [5, 5.41) is 3.08. The summed E-state index contributed by atoms with van der Waals surface area (Å²) in [5.41, 5.74) is 2.19. The number of morpholine rings is 1. The number of rotatable bonds is 6. The largest absolute Gasteiger partial charge is 0.379 e. The van der Waals surface area contributed by atoms with Gasteiger partial charge >= 0.3 is 0 Å². The Bertz CT molecular complexity index is 1080. The average Bonchev–Trinajstić information content (AvgIpc) is 2.82. The number of amides is 1. The maximum absolute atomic E-state index is 13.1. The molecule has 4 rings (SSSR count). The van der Waals surface area contributed by atoms with E-state index in [1.165, 1.54) is 22.5 Å². The first kappa shape index (κ1) is 23.8. The first-order chi connectivity index (χ1) is 15.8. The minimum Gasteiger partial charge on any atom is -0.379 e. The topological polar surface area (TPSA) is 78.9 Å². The van der Waals surface area contributed by atoms with Crippen molar-refractivity contribution in [3.63, 3.8) is 0 Å². The highest BCUT2D eigenvalue weighted by Gasteiger charge is 2.28. The predicted octanol–water partition coefficient (Wildman–Crippen LogP) is 2.55. The molecule has 0 aliphatic carbocycles. The minimum atomic E-state index is -3.66. The number of ether oxygens (including phenoxy) is 1. The molecule has 2 aromatic rings. The van der Waals surface area contributed by atoms with Crippen LogP contribution in [-0.2, 0) is 21.3 Å². The molecule has 0 spiro atoms. The minimum absolute atomic E-state index is 0.0286. The molecule has 178 valence electrons. The highest BCUT2D eigenvalue weighted by Crippen LogP contribution is 2.21. The molecular formula is C24H30FN3O4S. The zero-order valence-electron chi connectivity index (χ0n) is 18.8. The maximum atomic E-state index is 13.1. The quantitative estimate of drug-likeness (QED) is 0.695. The molecule has 2 aliphatic heterocycles. The van der Waals surface area contributed by atoms with E-state index in [-0.39, 0.29) is 22.7 Å². The van der Waals surface area contributed by atoms with Crippen LogP contribution in [0.25, 0.3) is 0 Å². The van der Waals surface area contributed by atoms with Crippen LogP contribution >= 0.6 is 0 Å². The number of hydrogen-bond acceptors (Lipinski definition) is 5. The number of aryl methyl sites for hydroxylation is 1. The van der Waals surface area contributed by atoms with Gasteiger partial charge in [0, 0.05) is 44.3 Å². The Morgan fingerprint density at radius 3 is 2.39 bits per heavy atom. The van der Waals surface area contributed by atoms with Crippen molar-refractivity contribution in [1.82, 2.24) is 14.5 Å². The zero-order chi connectivity index (χ0) is 23.4. The van der Waals surface area contributed by atoms with Crippen LogP contribution < -0.4 is 5.32 Å². The van der Waals surface area contributed by atoms with Crippen LogP contribution in [0.5, 0.6) is 0 Å². The van der Waals surface area contributed by atoms with E-state index in [1.807, 2.05) is 6.92 Å². The first-order valence-electron chi connectivity index (χ1n) is 11.3. The Morgan fingerprint density at radius 1 is 1.06 bits per heavy atom. The lowest BCUT2D eigenvalue weighted by atomic mass is 10.0. The lowest BCUT2D eigenvalue weighted by Gasteiger charge is -2.32. The molecule has 1 N–H and O–H groups in total. The molecule has 0 bridgehead atoms. The second-order valence-corrected chi connectivity index (χ2v) is 10.6. The van der Waals surface area contributed by atoms with Gasteiger partial charge in [-0.15, -0.1) is 0 Å². The molecule has 33 heavy (non-hydrogen) atoms. The molecule has 0 radical (unpaired) electrons. The van der Waals surface area contributed by atoms with Gasteiger partial charge in [0.15, 0.2) is 0 Å². The fourth-order valence-electron chi connectivity index (χ4n) is 4.29. The second-order valence-electron chi connectivity index (χ2n) is 8.64. The van der Waals surface area contributed by atoms with Crippen molar-refractivity contribution in [2.75, 3.05) is 39.4 Å². The summed E-state index contributed by atoms with van der Waals surface area (Å²) in [6, 6.07) is 11.3. The highest BCUT2D eigenvalue weighted by molar-refractivity contribution is 7.89. The number of carbonyl (C=O) groups excluding carboxylic acids is 1. The highest BCUT2D eigenvalue weighted by atomic mass is 32.2. The van der Waals surface area contributed by atoms with E-state index < -0.39 is 10.0 Å². The van der Waals surface area contributed by atoms with E-state index in [4.69, 9.17) is 4.74 Å². The van der Waals surface area contributed by atoms with Crippen LogP contribution in [0.3, 0.4) is 0 Å². The lowest BCUT2D eigenvalue weighted by Crippen LogP contribution is -2.44. The number of hydrogen-bond donors (Lipinski definition) is 1. The van der Waals surface area contributed by atoms with Gasteiger partial charge in [0.1, 0.15) is 5.82 Å².